The number of thioether (sulfide) groups is 1. The second-order valence-electron chi connectivity index (χ2n) is 9.91. The van der Waals surface area contributed by atoms with Gasteiger partial charge in [0.05, 0.1) is 12.3 Å². The van der Waals surface area contributed by atoms with E-state index in [1.54, 1.807) is 30.2 Å². The lowest BCUT2D eigenvalue weighted by Gasteiger charge is -2.44. The molecule has 3 N–H and O–H groups in total. The van der Waals surface area contributed by atoms with Gasteiger partial charge in [-0.25, -0.2) is 0 Å². The number of fused-ring (bicyclic) bond motifs is 1. The highest BCUT2D eigenvalue weighted by Crippen LogP contribution is 2.51. The summed E-state index contributed by atoms with van der Waals surface area (Å²) in [4.78, 5) is 27.5. The average Bonchev–Trinajstić information content (AvgIpc) is 3.08. The van der Waals surface area contributed by atoms with E-state index in [0.717, 1.165) is 6.42 Å². The molecular weight excluding hydrogens is 458 g/mol. The van der Waals surface area contributed by atoms with Crippen LogP contribution < -0.4 is 15.8 Å². The van der Waals surface area contributed by atoms with Crippen LogP contribution in [0.1, 0.15) is 84.2 Å². The number of nitrogens with zero attached hydrogens (tertiary/aromatic N) is 1. The number of carbonyl (C=O) groups excluding carboxylic acids is 2. The van der Waals surface area contributed by atoms with Gasteiger partial charge in [0.25, 0.3) is 0 Å². The molecule has 1 aromatic carbocycles. The Labute approximate surface area is 214 Å². The fourth-order valence-electron chi connectivity index (χ4n) is 4.65. The predicted octanol–water partition coefficient (Wildman–Crippen LogP) is 5.45. The standard InChI is InChI=1S/C28H41N3O3S/c1-5-7-8-9-10-11-12-13-19-34-21-17-15-20(16-18-21)23(29)25(32)30-24-26(33)31-22(14-6-2)28(3,4)35-27(24)31/h6,13-19,22-24,27H,5,7-12,29H2,1-4H3,(H,30,32)/b14-6?,19-13+. The highest BCUT2D eigenvalue weighted by atomic mass is 32.2. The number of allylic oxidation sites excluding steroid dienone is 2. The minimum Gasteiger partial charge on any atom is -0.465 e. The maximum Gasteiger partial charge on any atom is 0.249 e. The van der Waals surface area contributed by atoms with Crippen molar-refractivity contribution in [1.29, 1.82) is 0 Å². The van der Waals surface area contributed by atoms with Gasteiger partial charge in [-0.2, -0.15) is 0 Å². The molecule has 0 aromatic heterocycles. The van der Waals surface area contributed by atoms with E-state index in [1.165, 1.54) is 38.5 Å². The summed E-state index contributed by atoms with van der Waals surface area (Å²) in [7, 11) is 0. The Bertz CT molecular complexity index is 913. The largest absolute Gasteiger partial charge is 0.465 e. The van der Waals surface area contributed by atoms with Crippen molar-refractivity contribution < 1.29 is 14.3 Å². The van der Waals surface area contributed by atoms with Gasteiger partial charge in [0.1, 0.15) is 23.2 Å². The summed E-state index contributed by atoms with van der Waals surface area (Å²) in [6, 6.07) is 5.86. The predicted molar refractivity (Wildman–Crippen MR) is 144 cm³/mol. The average molecular weight is 500 g/mol. The SMILES string of the molecule is CC=CC1N2C(=O)C(NC(=O)C(N)c3ccc(O/C=C/CCCCCCCC)cc3)C2SC1(C)C. The molecule has 2 aliphatic heterocycles. The topological polar surface area (TPSA) is 84.7 Å². The minimum absolute atomic E-state index is 0.0317. The molecule has 2 amide bonds. The van der Waals surface area contributed by atoms with Crippen LogP contribution in [0, 0.1) is 0 Å². The third-order valence-corrected chi connectivity index (χ3v) is 8.32. The molecule has 2 heterocycles. The van der Waals surface area contributed by atoms with E-state index in [9.17, 15) is 9.59 Å². The van der Waals surface area contributed by atoms with Crippen molar-refractivity contribution in [2.24, 2.45) is 5.73 Å². The first-order valence-electron chi connectivity index (χ1n) is 12.9. The van der Waals surface area contributed by atoms with Crippen molar-refractivity contribution in [3.8, 4) is 5.75 Å². The first-order chi connectivity index (χ1) is 16.8. The van der Waals surface area contributed by atoms with E-state index >= 15 is 0 Å². The summed E-state index contributed by atoms with van der Waals surface area (Å²) in [5, 5.41) is 2.82. The van der Waals surface area contributed by atoms with Gasteiger partial charge in [-0.3, -0.25) is 9.59 Å². The van der Waals surface area contributed by atoms with Gasteiger partial charge in [-0.05, 0) is 57.4 Å². The lowest BCUT2D eigenvalue weighted by Crippen LogP contribution is -2.69. The van der Waals surface area contributed by atoms with Crippen LogP contribution in [0.3, 0.4) is 0 Å². The maximum absolute atomic E-state index is 12.8. The third-order valence-electron chi connectivity index (χ3n) is 6.74. The Morgan fingerprint density at radius 2 is 1.89 bits per heavy atom. The maximum atomic E-state index is 12.8. The normalized spacial score (nSPS) is 24.0. The molecule has 0 spiro atoms. The fourth-order valence-corrected chi connectivity index (χ4v) is 6.27. The summed E-state index contributed by atoms with van der Waals surface area (Å²) in [5.74, 6) is 0.307. The molecule has 4 atom stereocenters. The van der Waals surface area contributed by atoms with Crippen molar-refractivity contribution in [2.45, 2.75) is 101 Å². The van der Waals surface area contributed by atoms with E-state index in [-0.39, 0.29) is 28.0 Å². The summed E-state index contributed by atoms with van der Waals surface area (Å²) < 4.78 is 5.56. The molecule has 35 heavy (non-hydrogen) atoms. The number of hydrogen-bond acceptors (Lipinski definition) is 5. The Kier molecular flexibility index (Phi) is 9.87. The molecular formula is C28H41N3O3S. The molecule has 0 aliphatic carbocycles. The van der Waals surface area contributed by atoms with Crippen molar-refractivity contribution in [3.63, 3.8) is 0 Å². The fraction of sp³-hybridized carbons (Fsp3) is 0.571. The van der Waals surface area contributed by atoms with Gasteiger partial charge in [-0.15, -0.1) is 11.8 Å². The number of carbonyl (C=O) groups is 2. The molecule has 3 rings (SSSR count). The zero-order chi connectivity index (χ0) is 25.4. The van der Waals surface area contributed by atoms with Gasteiger partial charge in [-0.1, -0.05) is 63.3 Å². The van der Waals surface area contributed by atoms with Crippen LogP contribution in [0.4, 0.5) is 0 Å². The van der Waals surface area contributed by atoms with Crippen LogP contribution in [0.25, 0.3) is 0 Å². The number of amides is 2. The molecule has 0 saturated carbocycles. The van der Waals surface area contributed by atoms with Crippen molar-refractivity contribution in [1.82, 2.24) is 10.2 Å². The molecule has 192 valence electrons. The first kappa shape index (κ1) is 27.3. The molecule has 2 fully saturated rings. The van der Waals surface area contributed by atoms with E-state index in [4.69, 9.17) is 10.5 Å². The molecule has 0 radical (unpaired) electrons. The van der Waals surface area contributed by atoms with Gasteiger partial charge in [0.2, 0.25) is 11.8 Å². The van der Waals surface area contributed by atoms with Gasteiger partial charge < -0.3 is 20.7 Å². The summed E-state index contributed by atoms with van der Waals surface area (Å²) in [6.07, 6.45) is 16.5. The smallest absolute Gasteiger partial charge is 0.249 e. The van der Waals surface area contributed by atoms with Crippen LogP contribution in [0.5, 0.6) is 5.75 Å². The van der Waals surface area contributed by atoms with Gasteiger partial charge in [0, 0.05) is 4.75 Å². The Balaban J connectivity index is 1.44. The Morgan fingerprint density at radius 1 is 1.20 bits per heavy atom. The van der Waals surface area contributed by atoms with Crippen molar-refractivity contribution in [3.05, 3.63) is 54.3 Å². The number of nitrogens with two attached hydrogens (primary N) is 1. The lowest BCUT2D eigenvalue weighted by molar-refractivity contribution is -0.150. The highest BCUT2D eigenvalue weighted by molar-refractivity contribution is 8.01. The lowest BCUT2D eigenvalue weighted by atomic mass is 9.95. The van der Waals surface area contributed by atoms with Crippen LogP contribution >= 0.6 is 11.8 Å². The summed E-state index contributed by atoms with van der Waals surface area (Å²) in [5.41, 5.74) is 6.90. The molecule has 2 aliphatic rings. The van der Waals surface area contributed by atoms with E-state index in [0.29, 0.717) is 11.3 Å². The number of β-lactam (4-membered cyclic amide) rings is 1. The molecule has 6 nitrogen and oxygen atoms in total. The van der Waals surface area contributed by atoms with Crippen LogP contribution in [0.2, 0.25) is 0 Å². The van der Waals surface area contributed by atoms with E-state index in [1.807, 2.05) is 30.0 Å². The minimum atomic E-state index is -0.847. The molecule has 0 bridgehead atoms. The zero-order valence-electron chi connectivity index (χ0n) is 21.5. The number of rotatable bonds is 13. The molecule has 2 saturated heterocycles. The van der Waals surface area contributed by atoms with Gasteiger partial charge in [0.15, 0.2) is 0 Å². The summed E-state index contributed by atoms with van der Waals surface area (Å²) in [6.45, 7) is 8.45. The van der Waals surface area contributed by atoms with E-state index < -0.39 is 12.1 Å². The number of nitrogens with one attached hydrogen (secondary N) is 1. The van der Waals surface area contributed by atoms with E-state index in [2.05, 4.69) is 38.2 Å². The third kappa shape index (κ3) is 6.70. The second-order valence-corrected chi connectivity index (χ2v) is 11.7. The van der Waals surface area contributed by atoms with Crippen LogP contribution in [-0.4, -0.2) is 38.9 Å². The highest BCUT2D eigenvalue weighted by Gasteiger charge is 2.61. The number of unbranched alkanes of at least 4 members (excludes halogenated alkanes) is 6. The van der Waals surface area contributed by atoms with Crippen LogP contribution in [0.15, 0.2) is 48.8 Å². The molecule has 7 heteroatoms. The quantitative estimate of drug-likeness (QED) is 0.163. The second kappa shape index (κ2) is 12.6. The summed E-state index contributed by atoms with van der Waals surface area (Å²) >= 11 is 1.72. The number of benzene rings is 1. The Morgan fingerprint density at radius 3 is 2.57 bits per heavy atom. The monoisotopic (exact) mass is 499 g/mol. The first-order valence-corrected chi connectivity index (χ1v) is 13.8. The molecule has 4 unspecified atom stereocenters. The van der Waals surface area contributed by atoms with Crippen molar-refractivity contribution >= 4 is 23.6 Å². The van der Waals surface area contributed by atoms with Crippen LogP contribution in [-0.2, 0) is 9.59 Å². The zero-order valence-corrected chi connectivity index (χ0v) is 22.4. The number of hydrogen-bond donors (Lipinski definition) is 2. The number of ether oxygens (including phenoxy) is 1. The van der Waals surface area contributed by atoms with Gasteiger partial charge >= 0.3 is 0 Å². The van der Waals surface area contributed by atoms with Crippen molar-refractivity contribution in [2.75, 3.05) is 0 Å². The molecule has 1 aromatic rings. The Hall–Kier alpha value is -2.25.